The van der Waals surface area contributed by atoms with Gasteiger partial charge >= 0.3 is 0 Å². The van der Waals surface area contributed by atoms with Crippen LogP contribution in [-0.4, -0.2) is 50.3 Å². The minimum Gasteiger partial charge on any atom is -0.379 e. The van der Waals surface area contributed by atoms with E-state index in [0.29, 0.717) is 6.04 Å². The van der Waals surface area contributed by atoms with E-state index >= 15 is 0 Å². The molecule has 0 amide bonds. The Morgan fingerprint density at radius 2 is 1.82 bits per heavy atom. The number of nitrogens with one attached hydrogen (secondary N) is 1. The summed E-state index contributed by atoms with van der Waals surface area (Å²) in [6, 6.07) is 0.658. The van der Waals surface area contributed by atoms with Gasteiger partial charge in [-0.2, -0.15) is 0 Å². The van der Waals surface area contributed by atoms with E-state index in [1.54, 1.807) is 7.11 Å². The number of ether oxygens (including phenoxy) is 1. The molecule has 0 aromatic rings. The minimum absolute atomic E-state index is 0.00482. The molecule has 0 heterocycles. The first kappa shape index (κ1) is 16.9. The van der Waals surface area contributed by atoms with Crippen molar-refractivity contribution in [3.8, 4) is 0 Å². The fourth-order valence-corrected chi connectivity index (χ4v) is 1.49. The van der Waals surface area contributed by atoms with E-state index in [2.05, 4.69) is 45.0 Å². The lowest BCUT2D eigenvalue weighted by atomic mass is 10.1. The number of methoxy groups -OCH3 is 1. The van der Waals surface area contributed by atoms with Crippen molar-refractivity contribution in [3.05, 3.63) is 0 Å². The van der Waals surface area contributed by atoms with Gasteiger partial charge in [0.1, 0.15) is 0 Å². The Bertz CT molecular complexity index is 181. The largest absolute Gasteiger partial charge is 0.379 e. The minimum atomic E-state index is 0.00482. The number of rotatable bonds is 10. The van der Waals surface area contributed by atoms with Crippen LogP contribution in [0.4, 0.5) is 0 Å². The molecule has 1 N–H and O–H groups in total. The van der Waals surface area contributed by atoms with Crippen molar-refractivity contribution in [2.45, 2.75) is 58.6 Å². The van der Waals surface area contributed by atoms with Crippen LogP contribution in [0.5, 0.6) is 0 Å². The van der Waals surface area contributed by atoms with E-state index in [1.807, 2.05) is 0 Å². The summed E-state index contributed by atoms with van der Waals surface area (Å²) < 4.78 is 5.38. The first-order valence-electron chi connectivity index (χ1n) is 6.85. The second-order valence-corrected chi connectivity index (χ2v) is 5.75. The highest BCUT2D eigenvalue weighted by molar-refractivity contribution is 4.68. The van der Waals surface area contributed by atoms with Crippen LogP contribution in [0.25, 0.3) is 0 Å². The van der Waals surface area contributed by atoms with Crippen LogP contribution in [0.3, 0.4) is 0 Å². The van der Waals surface area contributed by atoms with E-state index in [0.717, 1.165) is 19.5 Å². The third-order valence-electron chi connectivity index (χ3n) is 3.45. The molecule has 3 nitrogen and oxygen atoms in total. The van der Waals surface area contributed by atoms with E-state index in [9.17, 15) is 0 Å². The lowest BCUT2D eigenvalue weighted by Gasteiger charge is -2.23. The lowest BCUT2D eigenvalue weighted by Crippen LogP contribution is -2.30. The molecular formula is C14H32N2O. The van der Waals surface area contributed by atoms with Crippen molar-refractivity contribution >= 4 is 0 Å². The molecule has 0 aromatic carbocycles. The Labute approximate surface area is 108 Å². The molecule has 0 fully saturated rings. The van der Waals surface area contributed by atoms with Crippen molar-refractivity contribution in [3.63, 3.8) is 0 Å². The van der Waals surface area contributed by atoms with Crippen molar-refractivity contribution in [1.29, 1.82) is 0 Å². The van der Waals surface area contributed by atoms with E-state index in [1.165, 1.54) is 19.4 Å². The van der Waals surface area contributed by atoms with Crippen LogP contribution >= 0.6 is 0 Å². The van der Waals surface area contributed by atoms with E-state index in [4.69, 9.17) is 4.74 Å². The molecule has 0 aliphatic carbocycles. The SMILES string of the molecule is COC(C)(C)CCNCCCCN(C)C(C)C. The van der Waals surface area contributed by atoms with Crippen molar-refractivity contribution in [2.24, 2.45) is 0 Å². The molecule has 0 rings (SSSR count). The standard InChI is InChI=1S/C14H32N2O/c1-13(2)16(5)12-8-7-10-15-11-9-14(3,4)17-6/h13,15H,7-12H2,1-6H3. The predicted octanol–water partition coefficient (Wildman–Crippen LogP) is 2.51. The molecule has 3 heteroatoms. The summed E-state index contributed by atoms with van der Waals surface area (Å²) in [5, 5.41) is 3.48. The third kappa shape index (κ3) is 9.57. The van der Waals surface area contributed by atoms with Gasteiger partial charge < -0.3 is 15.0 Å². The zero-order valence-electron chi connectivity index (χ0n) is 12.7. The van der Waals surface area contributed by atoms with Gasteiger partial charge in [0, 0.05) is 13.2 Å². The summed E-state index contributed by atoms with van der Waals surface area (Å²) in [6.07, 6.45) is 3.59. The summed E-state index contributed by atoms with van der Waals surface area (Å²) in [5.41, 5.74) is 0.00482. The molecule has 0 unspecified atom stereocenters. The molecule has 0 aliphatic heterocycles. The van der Waals surface area contributed by atoms with Crippen LogP contribution in [0.15, 0.2) is 0 Å². The van der Waals surface area contributed by atoms with Crippen molar-refractivity contribution in [2.75, 3.05) is 33.8 Å². The smallest absolute Gasteiger partial charge is 0.0634 e. The summed E-state index contributed by atoms with van der Waals surface area (Å²) in [6.45, 7) is 12.1. The maximum Gasteiger partial charge on any atom is 0.0634 e. The number of hydrogen-bond acceptors (Lipinski definition) is 3. The van der Waals surface area contributed by atoms with Crippen LogP contribution in [0.1, 0.15) is 47.0 Å². The predicted molar refractivity (Wildman–Crippen MR) is 75.6 cm³/mol. The van der Waals surface area contributed by atoms with Crippen LogP contribution in [-0.2, 0) is 4.74 Å². The second-order valence-electron chi connectivity index (χ2n) is 5.75. The van der Waals surface area contributed by atoms with E-state index < -0.39 is 0 Å². The Morgan fingerprint density at radius 3 is 2.35 bits per heavy atom. The molecule has 0 bridgehead atoms. The van der Waals surface area contributed by atoms with Gasteiger partial charge in [-0.25, -0.2) is 0 Å². The molecule has 17 heavy (non-hydrogen) atoms. The third-order valence-corrected chi connectivity index (χ3v) is 3.45. The van der Waals surface area contributed by atoms with Gasteiger partial charge in [-0.3, -0.25) is 0 Å². The van der Waals surface area contributed by atoms with Gasteiger partial charge in [0.2, 0.25) is 0 Å². The zero-order valence-corrected chi connectivity index (χ0v) is 12.7. The Hall–Kier alpha value is -0.120. The molecule has 0 aliphatic rings. The fraction of sp³-hybridized carbons (Fsp3) is 1.00. The maximum atomic E-state index is 5.38. The zero-order chi connectivity index (χ0) is 13.3. The van der Waals surface area contributed by atoms with Gasteiger partial charge in [0.25, 0.3) is 0 Å². The normalized spacial score (nSPS) is 12.7. The first-order valence-corrected chi connectivity index (χ1v) is 6.85. The number of unbranched alkanes of at least 4 members (excludes halogenated alkanes) is 1. The molecule has 0 aromatic heterocycles. The van der Waals surface area contributed by atoms with Crippen LogP contribution in [0, 0.1) is 0 Å². The van der Waals surface area contributed by atoms with Crippen molar-refractivity contribution < 1.29 is 4.74 Å². The summed E-state index contributed by atoms with van der Waals surface area (Å²) in [7, 11) is 3.97. The summed E-state index contributed by atoms with van der Waals surface area (Å²) >= 11 is 0. The molecule has 0 spiro atoms. The van der Waals surface area contributed by atoms with E-state index in [-0.39, 0.29) is 5.60 Å². The number of hydrogen-bond donors (Lipinski definition) is 1. The molecule has 0 radical (unpaired) electrons. The highest BCUT2D eigenvalue weighted by atomic mass is 16.5. The molecule has 0 atom stereocenters. The Morgan fingerprint density at radius 1 is 1.18 bits per heavy atom. The molecule has 0 saturated carbocycles. The van der Waals surface area contributed by atoms with Gasteiger partial charge in [-0.1, -0.05) is 0 Å². The lowest BCUT2D eigenvalue weighted by molar-refractivity contribution is 0.0159. The average molecular weight is 244 g/mol. The number of nitrogens with zero attached hydrogens (tertiary/aromatic N) is 1. The van der Waals surface area contributed by atoms with Gasteiger partial charge in [0.15, 0.2) is 0 Å². The molecular weight excluding hydrogens is 212 g/mol. The molecule has 104 valence electrons. The summed E-state index contributed by atoms with van der Waals surface area (Å²) in [5.74, 6) is 0. The van der Waals surface area contributed by atoms with Crippen molar-refractivity contribution in [1.82, 2.24) is 10.2 Å². The Balaban J connectivity index is 3.30. The Kier molecular flexibility index (Phi) is 8.83. The topological polar surface area (TPSA) is 24.5 Å². The van der Waals surface area contributed by atoms with Gasteiger partial charge in [-0.15, -0.1) is 0 Å². The van der Waals surface area contributed by atoms with Crippen LogP contribution in [0.2, 0.25) is 0 Å². The first-order chi connectivity index (χ1) is 7.89. The van der Waals surface area contributed by atoms with Crippen LogP contribution < -0.4 is 5.32 Å². The van der Waals surface area contributed by atoms with Gasteiger partial charge in [-0.05, 0) is 73.6 Å². The average Bonchev–Trinajstić information content (AvgIpc) is 2.27. The second kappa shape index (κ2) is 8.90. The molecule has 0 saturated heterocycles. The monoisotopic (exact) mass is 244 g/mol. The highest BCUT2D eigenvalue weighted by Crippen LogP contribution is 2.11. The fourth-order valence-electron chi connectivity index (χ4n) is 1.49. The maximum absolute atomic E-state index is 5.38. The van der Waals surface area contributed by atoms with Gasteiger partial charge in [0.05, 0.1) is 5.60 Å². The summed E-state index contributed by atoms with van der Waals surface area (Å²) in [4.78, 5) is 2.40. The highest BCUT2D eigenvalue weighted by Gasteiger charge is 2.14. The quantitative estimate of drug-likeness (QED) is 0.598.